The standard InChI is InChI=1S/C12H17N5/c1-3-5-13-10-8-12(16-9-15-10)17-7-6-14-11(17)4-2/h6-9H,3-5H2,1-2H3,(H,13,15,16). The lowest BCUT2D eigenvalue weighted by molar-refractivity contribution is 0.860. The first-order valence-electron chi connectivity index (χ1n) is 5.93. The van der Waals surface area contributed by atoms with Crippen LogP contribution in [0, 0.1) is 0 Å². The first kappa shape index (κ1) is 11.6. The topological polar surface area (TPSA) is 55.6 Å². The summed E-state index contributed by atoms with van der Waals surface area (Å²) in [6.45, 7) is 5.12. The molecule has 0 aliphatic rings. The minimum Gasteiger partial charge on any atom is -0.370 e. The Morgan fingerprint density at radius 3 is 2.88 bits per heavy atom. The Morgan fingerprint density at radius 2 is 2.12 bits per heavy atom. The van der Waals surface area contributed by atoms with Gasteiger partial charge in [0.15, 0.2) is 0 Å². The maximum Gasteiger partial charge on any atom is 0.143 e. The van der Waals surface area contributed by atoms with Crippen molar-refractivity contribution in [2.75, 3.05) is 11.9 Å². The molecule has 2 rings (SSSR count). The van der Waals surface area contributed by atoms with Crippen LogP contribution in [0.2, 0.25) is 0 Å². The van der Waals surface area contributed by atoms with E-state index in [1.807, 2.05) is 16.8 Å². The first-order valence-corrected chi connectivity index (χ1v) is 5.93. The van der Waals surface area contributed by atoms with E-state index >= 15 is 0 Å². The van der Waals surface area contributed by atoms with Crippen LogP contribution in [-0.4, -0.2) is 26.1 Å². The molecule has 0 aliphatic heterocycles. The summed E-state index contributed by atoms with van der Waals surface area (Å²) in [5, 5.41) is 3.25. The average molecular weight is 231 g/mol. The lowest BCUT2D eigenvalue weighted by Gasteiger charge is -2.08. The molecule has 0 unspecified atom stereocenters. The number of rotatable bonds is 5. The summed E-state index contributed by atoms with van der Waals surface area (Å²) in [6.07, 6.45) is 7.25. The van der Waals surface area contributed by atoms with Gasteiger partial charge in [-0.05, 0) is 6.42 Å². The molecule has 5 nitrogen and oxygen atoms in total. The van der Waals surface area contributed by atoms with Crippen LogP contribution in [0.5, 0.6) is 0 Å². The number of hydrogen-bond acceptors (Lipinski definition) is 4. The molecule has 0 atom stereocenters. The van der Waals surface area contributed by atoms with E-state index in [2.05, 4.69) is 34.1 Å². The van der Waals surface area contributed by atoms with Crippen LogP contribution < -0.4 is 5.32 Å². The van der Waals surface area contributed by atoms with Gasteiger partial charge in [0.1, 0.15) is 23.8 Å². The molecule has 5 heteroatoms. The van der Waals surface area contributed by atoms with Gasteiger partial charge in [-0.15, -0.1) is 0 Å². The van der Waals surface area contributed by atoms with Gasteiger partial charge in [-0.3, -0.25) is 4.57 Å². The van der Waals surface area contributed by atoms with E-state index in [1.165, 1.54) is 0 Å². The molecule has 2 aromatic rings. The van der Waals surface area contributed by atoms with Gasteiger partial charge in [0.2, 0.25) is 0 Å². The highest BCUT2D eigenvalue weighted by Crippen LogP contribution is 2.11. The smallest absolute Gasteiger partial charge is 0.143 e. The molecule has 90 valence electrons. The summed E-state index contributed by atoms with van der Waals surface area (Å²) in [4.78, 5) is 12.7. The van der Waals surface area contributed by atoms with Crippen molar-refractivity contribution in [1.29, 1.82) is 0 Å². The maximum atomic E-state index is 4.29. The van der Waals surface area contributed by atoms with Crippen molar-refractivity contribution in [1.82, 2.24) is 19.5 Å². The summed E-state index contributed by atoms with van der Waals surface area (Å²) < 4.78 is 1.98. The molecule has 17 heavy (non-hydrogen) atoms. The molecule has 0 fully saturated rings. The molecule has 0 radical (unpaired) electrons. The Kier molecular flexibility index (Phi) is 3.69. The average Bonchev–Trinajstić information content (AvgIpc) is 2.85. The van der Waals surface area contributed by atoms with Crippen LogP contribution >= 0.6 is 0 Å². The number of anilines is 1. The van der Waals surface area contributed by atoms with Crippen LogP contribution in [0.25, 0.3) is 5.82 Å². The lowest BCUT2D eigenvalue weighted by Crippen LogP contribution is -2.06. The van der Waals surface area contributed by atoms with Gasteiger partial charge >= 0.3 is 0 Å². The third-order valence-electron chi connectivity index (χ3n) is 2.49. The third-order valence-corrected chi connectivity index (χ3v) is 2.49. The molecule has 0 saturated heterocycles. The number of hydrogen-bond donors (Lipinski definition) is 1. The highest BCUT2D eigenvalue weighted by Gasteiger charge is 2.05. The fourth-order valence-electron chi connectivity index (χ4n) is 1.63. The van der Waals surface area contributed by atoms with Crippen molar-refractivity contribution in [3.05, 3.63) is 30.6 Å². The second kappa shape index (κ2) is 5.43. The summed E-state index contributed by atoms with van der Waals surface area (Å²) in [7, 11) is 0. The van der Waals surface area contributed by atoms with E-state index < -0.39 is 0 Å². The van der Waals surface area contributed by atoms with Crippen molar-refractivity contribution in [2.24, 2.45) is 0 Å². The number of imidazole rings is 1. The minimum atomic E-state index is 0.854. The number of aromatic nitrogens is 4. The van der Waals surface area contributed by atoms with E-state index in [-0.39, 0.29) is 0 Å². The minimum absolute atomic E-state index is 0.854. The third kappa shape index (κ3) is 2.61. The van der Waals surface area contributed by atoms with Gasteiger partial charge in [0.25, 0.3) is 0 Å². The molecule has 0 amide bonds. The van der Waals surface area contributed by atoms with Gasteiger partial charge < -0.3 is 5.32 Å². The summed E-state index contributed by atoms with van der Waals surface area (Å²) in [5.41, 5.74) is 0. The van der Waals surface area contributed by atoms with E-state index in [0.717, 1.165) is 36.8 Å². The predicted molar refractivity (Wildman–Crippen MR) is 67.3 cm³/mol. The lowest BCUT2D eigenvalue weighted by atomic mass is 10.4. The Bertz CT molecular complexity index is 477. The monoisotopic (exact) mass is 231 g/mol. The van der Waals surface area contributed by atoms with Crippen molar-refractivity contribution in [3.8, 4) is 5.82 Å². The fourth-order valence-corrected chi connectivity index (χ4v) is 1.63. The molecule has 0 aliphatic carbocycles. The van der Waals surface area contributed by atoms with Crippen LogP contribution in [0.15, 0.2) is 24.8 Å². The van der Waals surface area contributed by atoms with E-state index in [0.29, 0.717) is 0 Å². The number of nitrogens with one attached hydrogen (secondary N) is 1. The van der Waals surface area contributed by atoms with Gasteiger partial charge in [0, 0.05) is 31.4 Å². The van der Waals surface area contributed by atoms with Crippen molar-refractivity contribution in [2.45, 2.75) is 26.7 Å². The van der Waals surface area contributed by atoms with Gasteiger partial charge in [-0.25, -0.2) is 15.0 Å². The number of aryl methyl sites for hydroxylation is 1. The quantitative estimate of drug-likeness (QED) is 0.855. The van der Waals surface area contributed by atoms with Crippen LogP contribution in [0.4, 0.5) is 5.82 Å². The Balaban J connectivity index is 2.26. The second-order valence-electron chi connectivity index (χ2n) is 3.76. The van der Waals surface area contributed by atoms with Crippen molar-refractivity contribution in [3.63, 3.8) is 0 Å². The van der Waals surface area contributed by atoms with Crippen molar-refractivity contribution < 1.29 is 0 Å². The van der Waals surface area contributed by atoms with Gasteiger partial charge in [-0.1, -0.05) is 13.8 Å². The van der Waals surface area contributed by atoms with E-state index in [4.69, 9.17) is 0 Å². The molecule has 0 bridgehead atoms. The number of nitrogens with zero attached hydrogens (tertiary/aromatic N) is 4. The molecular formula is C12H17N5. The zero-order valence-electron chi connectivity index (χ0n) is 10.2. The second-order valence-corrected chi connectivity index (χ2v) is 3.76. The zero-order chi connectivity index (χ0) is 12.1. The molecule has 0 aromatic carbocycles. The Morgan fingerprint density at radius 1 is 1.24 bits per heavy atom. The SMILES string of the molecule is CCCNc1cc(-n2ccnc2CC)ncn1. The summed E-state index contributed by atoms with van der Waals surface area (Å²) >= 11 is 0. The molecule has 0 saturated carbocycles. The molecule has 2 aromatic heterocycles. The zero-order valence-corrected chi connectivity index (χ0v) is 10.2. The maximum absolute atomic E-state index is 4.29. The Labute approximate surface area is 101 Å². The molecule has 2 heterocycles. The summed E-state index contributed by atoms with van der Waals surface area (Å²) in [6, 6.07) is 1.94. The molecule has 0 spiro atoms. The normalized spacial score (nSPS) is 10.5. The van der Waals surface area contributed by atoms with Crippen LogP contribution in [0.1, 0.15) is 26.1 Å². The fraction of sp³-hybridized carbons (Fsp3) is 0.417. The molecular weight excluding hydrogens is 214 g/mol. The summed E-state index contributed by atoms with van der Waals surface area (Å²) in [5.74, 6) is 2.71. The Hall–Kier alpha value is -1.91. The van der Waals surface area contributed by atoms with Crippen LogP contribution in [-0.2, 0) is 6.42 Å². The highest BCUT2D eigenvalue weighted by molar-refractivity contribution is 5.40. The van der Waals surface area contributed by atoms with E-state index in [1.54, 1.807) is 12.5 Å². The largest absolute Gasteiger partial charge is 0.370 e. The van der Waals surface area contributed by atoms with Crippen LogP contribution in [0.3, 0.4) is 0 Å². The van der Waals surface area contributed by atoms with E-state index in [9.17, 15) is 0 Å². The molecule has 1 N–H and O–H groups in total. The predicted octanol–water partition coefficient (Wildman–Crippen LogP) is 2.05. The van der Waals surface area contributed by atoms with Gasteiger partial charge in [-0.2, -0.15) is 0 Å². The van der Waals surface area contributed by atoms with Crippen molar-refractivity contribution >= 4 is 5.82 Å². The van der Waals surface area contributed by atoms with Gasteiger partial charge in [0.05, 0.1) is 0 Å². The highest BCUT2D eigenvalue weighted by atomic mass is 15.1. The first-order chi connectivity index (χ1) is 8.35.